The van der Waals surface area contributed by atoms with Gasteiger partial charge in [-0.15, -0.1) is 11.6 Å². The van der Waals surface area contributed by atoms with Gasteiger partial charge in [-0.3, -0.25) is 10.1 Å². The average molecular weight is 269 g/mol. The number of alkyl halides is 1. The molecule has 1 aromatic rings. The predicted molar refractivity (Wildman–Crippen MR) is 71.6 cm³/mol. The summed E-state index contributed by atoms with van der Waals surface area (Å²) in [4.78, 5) is 22.3. The monoisotopic (exact) mass is 268 g/mol. The Balaban J connectivity index is 2.11. The Morgan fingerprint density at radius 1 is 1.17 bits per heavy atom. The SMILES string of the molecule is O=C(CCCl)NC(=O)NCCCc1ccccc1. The number of urea groups is 1. The lowest BCUT2D eigenvalue weighted by Gasteiger charge is -2.06. The summed E-state index contributed by atoms with van der Waals surface area (Å²) in [5, 5.41) is 4.83. The summed E-state index contributed by atoms with van der Waals surface area (Å²) in [6.07, 6.45) is 1.89. The Kier molecular flexibility index (Phi) is 6.87. The smallest absolute Gasteiger partial charge is 0.321 e. The van der Waals surface area contributed by atoms with E-state index >= 15 is 0 Å². The first-order valence-electron chi connectivity index (χ1n) is 5.90. The van der Waals surface area contributed by atoms with Crippen molar-refractivity contribution in [2.45, 2.75) is 19.3 Å². The molecule has 0 radical (unpaired) electrons. The van der Waals surface area contributed by atoms with E-state index in [9.17, 15) is 9.59 Å². The van der Waals surface area contributed by atoms with E-state index in [0.29, 0.717) is 6.54 Å². The maximum absolute atomic E-state index is 11.3. The van der Waals surface area contributed by atoms with Crippen molar-refractivity contribution < 1.29 is 9.59 Å². The van der Waals surface area contributed by atoms with Crippen LogP contribution in [0.3, 0.4) is 0 Å². The number of amides is 3. The molecule has 98 valence electrons. The van der Waals surface area contributed by atoms with Gasteiger partial charge in [0, 0.05) is 18.8 Å². The van der Waals surface area contributed by atoms with E-state index in [1.54, 1.807) is 0 Å². The Labute approximate surface area is 112 Å². The van der Waals surface area contributed by atoms with E-state index in [4.69, 9.17) is 11.6 Å². The van der Waals surface area contributed by atoms with Gasteiger partial charge in [0.15, 0.2) is 0 Å². The maximum atomic E-state index is 11.3. The standard InChI is InChI=1S/C13H17ClN2O2/c14-9-8-12(17)16-13(18)15-10-4-7-11-5-2-1-3-6-11/h1-3,5-6H,4,7-10H2,(H2,15,16,17,18). The first-order valence-corrected chi connectivity index (χ1v) is 6.43. The summed E-state index contributed by atoms with van der Waals surface area (Å²) < 4.78 is 0. The number of aryl methyl sites for hydroxylation is 1. The van der Waals surface area contributed by atoms with Gasteiger partial charge in [0.1, 0.15) is 0 Å². The van der Waals surface area contributed by atoms with Crippen molar-refractivity contribution in [3.63, 3.8) is 0 Å². The van der Waals surface area contributed by atoms with Crippen LogP contribution in [0.2, 0.25) is 0 Å². The lowest BCUT2D eigenvalue weighted by Crippen LogP contribution is -2.39. The number of hydrogen-bond acceptors (Lipinski definition) is 2. The predicted octanol–water partition coefficient (Wildman–Crippen LogP) is 2.07. The molecule has 1 aromatic carbocycles. The van der Waals surface area contributed by atoms with E-state index in [0.717, 1.165) is 12.8 Å². The molecule has 0 aliphatic heterocycles. The van der Waals surface area contributed by atoms with Gasteiger partial charge in [-0.05, 0) is 18.4 Å². The van der Waals surface area contributed by atoms with Crippen LogP contribution in [0.4, 0.5) is 4.79 Å². The maximum Gasteiger partial charge on any atom is 0.321 e. The van der Waals surface area contributed by atoms with Gasteiger partial charge in [-0.2, -0.15) is 0 Å². The molecule has 2 N–H and O–H groups in total. The fourth-order valence-electron chi connectivity index (χ4n) is 1.46. The Hall–Kier alpha value is -1.55. The molecule has 0 atom stereocenters. The zero-order chi connectivity index (χ0) is 13.2. The van der Waals surface area contributed by atoms with Gasteiger partial charge in [-0.1, -0.05) is 30.3 Å². The number of halogens is 1. The average Bonchev–Trinajstić information content (AvgIpc) is 2.36. The molecular formula is C13H17ClN2O2. The number of rotatable bonds is 6. The van der Waals surface area contributed by atoms with Crippen LogP contribution in [0.15, 0.2) is 30.3 Å². The Morgan fingerprint density at radius 3 is 2.56 bits per heavy atom. The fourth-order valence-corrected chi connectivity index (χ4v) is 1.63. The van der Waals surface area contributed by atoms with E-state index < -0.39 is 6.03 Å². The van der Waals surface area contributed by atoms with Crippen LogP contribution >= 0.6 is 11.6 Å². The minimum absolute atomic E-state index is 0.152. The summed E-state index contributed by atoms with van der Waals surface area (Å²) in [6.45, 7) is 0.537. The van der Waals surface area contributed by atoms with Crippen molar-refractivity contribution >= 4 is 23.5 Å². The lowest BCUT2D eigenvalue weighted by molar-refractivity contribution is -0.119. The molecule has 0 aliphatic carbocycles. The molecule has 18 heavy (non-hydrogen) atoms. The number of imide groups is 1. The summed E-state index contributed by atoms with van der Waals surface area (Å²) >= 11 is 5.38. The third kappa shape index (κ3) is 6.25. The van der Waals surface area contributed by atoms with Crippen molar-refractivity contribution in [3.8, 4) is 0 Å². The number of carbonyl (C=O) groups is 2. The summed E-state index contributed by atoms with van der Waals surface area (Å²) in [7, 11) is 0. The molecule has 0 heterocycles. The van der Waals surface area contributed by atoms with Gasteiger partial charge < -0.3 is 5.32 Å². The normalized spacial score (nSPS) is 9.83. The highest BCUT2D eigenvalue weighted by Crippen LogP contribution is 2.01. The molecule has 0 aliphatic rings. The zero-order valence-electron chi connectivity index (χ0n) is 10.1. The summed E-state index contributed by atoms with van der Waals surface area (Å²) in [5.41, 5.74) is 1.23. The van der Waals surface area contributed by atoms with Gasteiger partial charge in [0.2, 0.25) is 5.91 Å². The van der Waals surface area contributed by atoms with Crippen molar-refractivity contribution in [1.82, 2.24) is 10.6 Å². The van der Waals surface area contributed by atoms with Crippen LogP contribution in [0.1, 0.15) is 18.4 Å². The van der Waals surface area contributed by atoms with Crippen LogP contribution in [-0.4, -0.2) is 24.4 Å². The van der Waals surface area contributed by atoms with E-state index in [-0.39, 0.29) is 18.2 Å². The van der Waals surface area contributed by atoms with Gasteiger partial charge >= 0.3 is 6.03 Å². The van der Waals surface area contributed by atoms with Crippen LogP contribution in [0, 0.1) is 0 Å². The van der Waals surface area contributed by atoms with Crippen molar-refractivity contribution in [3.05, 3.63) is 35.9 Å². The minimum Gasteiger partial charge on any atom is -0.338 e. The second kappa shape index (κ2) is 8.53. The van der Waals surface area contributed by atoms with Crippen molar-refractivity contribution in [2.75, 3.05) is 12.4 Å². The van der Waals surface area contributed by atoms with Crippen LogP contribution in [-0.2, 0) is 11.2 Å². The van der Waals surface area contributed by atoms with Crippen LogP contribution in [0.25, 0.3) is 0 Å². The van der Waals surface area contributed by atoms with E-state index in [1.165, 1.54) is 5.56 Å². The highest BCUT2D eigenvalue weighted by molar-refractivity contribution is 6.19. The first-order chi connectivity index (χ1) is 8.72. The number of benzene rings is 1. The van der Waals surface area contributed by atoms with Gasteiger partial charge in [0.05, 0.1) is 0 Å². The molecule has 0 saturated heterocycles. The molecule has 0 saturated carbocycles. The Morgan fingerprint density at radius 2 is 1.89 bits per heavy atom. The third-order valence-electron chi connectivity index (χ3n) is 2.35. The minimum atomic E-state index is -0.460. The first kappa shape index (κ1) is 14.5. The molecule has 0 aromatic heterocycles. The molecule has 0 unspecified atom stereocenters. The van der Waals surface area contributed by atoms with Crippen molar-refractivity contribution in [2.24, 2.45) is 0 Å². The van der Waals surface area contributed by atoms with E-state index in [2.05, 4.69) is 10.6 Å². The zero-order valence-corrected chi connectivity index (χ0v) is 10.9. The third-order valence-corrected chi connectivity index (χ3v) is 2.53. The molecule has 0 fully saturated rings. The van der Waals surface area contributed by atoms with Crippen LogP contribution < -0.4 is 10.6 Å². The highest BCUT2D eigenvalue weighted by atomic mass is 35.5. The second-order valence-electron chi connectivity index (χ2n) is 3.83. The molecule has 0 bridgehead atoms. The molecule has 1 rings (SSSR count). The Bertz CT molecular complexity index is 382. The van der Waals surface area contributed by atoms with Crippen molar-refractivity contribution in [1.29, 1.82) is 0 Å². The molecule has 5 heteroatoms. The van der Waals surface area contributed by atoms with Crippen LogP contribution in [0.5, 0.6) is 0 Å². The molecular weight excluding hydrogens is 252 g/mol. The topological polar surface area (TPSA) is 58.2 Å². The quantitative estimate of drug-likeness (QED) is 0.613. The molecule has 0 spiro atoms. The van der Waals surface area contributed by atoms with Gasteiger partial charge in [-0.25, -0.2) is 4.79 Å². The summed E-state index contributed by atoms with van der Waals surface area (Å²) in [5.74, 6) is -0.141. The number of hydrogen-bond donors (Lipinski definition) is 2. The number of nitrogens with one attached hydrogen (secondary N) is 2. The highest BCUT2D eigenvalue weighted by Gasteiger charge is 2.05. The van der Waals surface area contributed by atoms with E-state index in [1.807, 2.05) is 30.3 Å². The van der Waals surface area contributed by atoms with Gasteiger partial charge in [0.25, 0.3) is 0 Å². The second-order valence-corrected chi connectivity index (χ2v) is 4.21. The number of carbonyl (C=O) groups excluding carboxylic acids is 2. The fraction of sp³-hybridized carbons (Fsp3) is 0.385. The molecule has 3 amide bonds. The lowest BCUT2D eigenvalue weighted by atomic mass is 10.1. The molecule has 4 nitrogen and oxygen atoms in total. The summed E-state index contributed by atoms with van der Waals surface area (Å²) in [6, 6.07) is 9.57. The largest absolute Gasteiger partial charge is 0.338 e.